The second-order valence-corrected chi connectivity index (χ2v) is 5.08. The standard InChI is InChI=1S/C13H17N/c1-4-6-12(2)10-5-7-13(12,3)11(8-10)9-14/h4-5,7,10-11H,1,6,8H2,2-3H3/t10-,11?,12+,13+/m1/s1. The second kappa shape index (κ2) is 2.73. The van der Waals surface area contributed by atoms with Crippen molar-refractivity contribution in [2.45, 2.75) is 26.7 Å². The Kier molecular flexibility index (Phi) is 1.86. The van der Waals surface area contributed by atoms with E-state index in [0.717, 1.165) is 12.8 Å². The highest BCUT2D eigenvalue weighted by atomic mass is 14.6. The largest absolute Gasteiger partial charge is 0.198 e. The van der Waals surface area contributed by atoms with Crippen LogP contribution in [0.25, 0.3) is 0 Å². The molecule has 74 valence electrons. The number of nitriles is 1. The molecule has 0 heterocycles. The molecular formula is C13H17N. The summed E-state index contributed by atoms with van der Waals surface area (Å²) in [5.74, 6) is 0.776. The lowest BCUT2D eigenvalue weighted by Crippen LogP contribution is -2.33. The quantitative estimate of drug-likeness (QED) is 0.608. The highest BCUT2D eigenvalue weighted by Crippen LogP contribution is 2.66. The lowest BCUT2D eigenvalue weighted by atomic mass is 9.64. The molecule has 2 aliphatic carbocycles. The van der Waals surface area contributed by atoms with E-state index >= 15 is 0 Å². The van der Waals surface area contributed by atoms with Crippen molar-refractivity contribution in [1.82, 2.24) is 0 Å². The predicted octanol–water partition coefficient (Wildman–Crippen LogP) is 3.30. The van der Waals surface area contributed by atoms with Gasteiger partial charge in [0.2, 0.25) is 0 Å². The molecule has 1 saturated carbocycles. The van der Waals surface area contributed by atoms with Crippen LogP contribution in [0.5, 0.6) is 0 Å². The van der Waals surface area contributed by atoms with E-state index < -0.39 is 0 Å². The van der Waals surface area contributed by atoms with Gasteiger partial charge in [0.15, 0.2) is 0 Å². The van der Waals surface area contributed by atoms with E-state index in [2.05, 4.69) is 38.6 Å². The molecule has 0 amide bonds. The van der Waals surface area contributed by atoms with E-state index in [1.165, 1.54) is 0 Å². The summed E-state index contributed by atoms with van der Waals surface area (Å²) in [6.45, 7) is 8.37. The lowest BCUT2D eigenvalue weighted by Gasteiger charge is -2.38. The van der Waals surface area contributed by atoms with Crippen LogP contribution < -0.4 is 0 Å². The molecule has 0 aromatic carbocycles. The highest BCUT2D eigenvalue weighted by molar-refractivity contribution is 5.29. The minimum absolute atomic E-state index is 0.0700. The van der Waals surface area contributed by atoms with Crippen LogP contribution >= 0.6 is 0 Å². The number of hydrogen-bond acceptors (Lipinski definition) is 1. The average molecular weight is 187 g/mol. The first-order valence-electron chi connectivity index (χ1n) is 5.28. The fourth-order valence-corrected chi connectivity index (χ4v) is 3.33. The normalized spacial score (nSPS) is 49.2. The molecule has 1 nitrogen and oxygen atoms in total. The fourth-order valence-electron chi connectivity index (χ4n) is 3.33. The van der Waals surface area contributed by atoms with E-state index in [4.69, 9.17) is 5.26 Å². The molecule has 1 unspecified atom stereocenters. The number of rotatable bonds is 2. The van der Waals surface area contributed by atoms with Crippen LogP contribution in [0.2, 0.25) is 0 Å². The van der Waals surface area contributed by atoms with Crippen molar-refractivity contribution in [2.75, 3.05) is 0 Å². The summed E-state index contributed by atoms with van der Waals surface area (Å²) in [6, 6.07) is 2.46. The Hall–Kier alpha value is -1.03. The fraction of sp³-hybridized carbons (Fsp3) is 0.615. The lowest BCUT2D eigenvalue weighted by molar-refractivity contribution is 0.140. The Morgan fingerprint density at radius 1 is 1.64 bits per heavy atom. The van der Waals surface area contributed by atoms with Gasteiger partial charge in [-0.15, -0.1) is 6.58 Å². The van der Waals surface area contributed by atoms with Gasteiger partial charge in [-0.1, -0.05) is 32.1 Å². The van der Waals surface area contributed by atoms with Gasteiger partial charge in [0.25, 0.3) is 0 Å². The summed E-state index contributed by atoms with van der Waals surface area (Å²) in [7, 11) is 0. The van der Waals surface area contributed by atoms with Crippen molar-refractivity contribution in [3.8, 4) is 6.07 Å². The molecule has 0 aliphatic heterocycles. The first-order valence-corrected chi connectivity index (χ1v) is 5.28. The van der Waals surface area contributed by atoms with Crippen molar-refractivity contribution < 1.29 is 0 Å². The van der Waals surface area contributed by atoms with E-state index in [1.54, 1.807) is 0 Å². The third kappa shape index (κ3) is 0.843. The van der Waals surface area contributed by atoms with Crippen LogP contribution in [0.4, 0.5) is 0 Å². The van der Waals surface area contributed by atoms with Crippen LogP contribution in [-0.4, -0.2) is 0 Å². The van der Waals surface area contributed by atoms with Crippen molar-refractivity contribution in [2.24, 2.45) is 22.7 Å². The third-order valence-electron chi connectivity index (χ3n) is 4.66. The van der Waals surface area contributed by atoms with Gasteiger partial charge in [0, 0.05) is 5.41 Å². The molecule has 2 bridgehead atoms. The molecule has 4 atom stereocenters. The maximum atomic E-state index is 9.14. The van der Waals surface area contributed by atoms with Crippen LogP contribution in [0, 0.1) is 34.0 Å². The van der Waals surface area contributed by atoms with E-state index in [9.17, 15) is 0 Å². The van der Waals surface area contributed by atoms with Gasteiger partial charge in [-0.25, -0.2) is 0 Å². The average Bonchev–Trinajstić information content (AvgIpc) is 2.51. The summed E-state index contributed by atoms with van der Waals surface area (Å²) in [5.41, 5.74) is 0.301. The summed E-state index contributed by atoms with van der Waals surface area (Å²) in [4.78, 5) is 0. The monoisotopic (exact) mass is 187 g/mol. The molecule has 0 radical (unpaired) electrons. The Morgan fingerprint density at radius 3 is 2.86 bits per heavy atom. The molecule has 2 aliphatic rings. The van der Waals surface area contributed by atoms with Gasteiger partial charge in [0.1, 0.15) is 0 Å². The third-order valence-corrected chi connectivity index (χ3v) is 4.66. The smallest absolute Gasteiger partial charge is 0.0665 e. The molecule has 2 rings (SSSR count). The first-order chi connectivity index (χ1) is 6.58. The molecule has 0 aromatic rings. The summed E-state index contributed by atoms with van der Waals surface area (Å²) in [5, 5.41) is 9.14. The minimum Gasteiger partial charge on any atom is -0.198 e. The zero-order valence-corrected chi connectivity index (χ0v) is 8.96. The summed E-state index contributed by atoms with van der Waals surface area (Å²) in [6.07, 6.45) is 8.61. The predicted molar refractivity (Wildman–Crippen MR) is 57.4 cm³/mol. The van der Waals surface area contributed by atoms with Gasteiger partial charge < -0.3 is 0 Å². The molecule has 0 saturated heterocycles. The van der Waals surface area contributed by atoms with E-state index in [1.807, 2.05) is 6.08 Å². The Balaban J connectivity index is 2.42. The Morgan fingerprint density at radius 2 is 2.36 bits per heavy atom. The summed E-state index contributed by atoms with van der Waals surface area (Å²) < 4.78 is 0. The number of fused-ring (bicyclic) bond motifs is 2. The van der Waals surface area contributed by atoms with E-state index in [-0.39, 0.29) is 16.7 Å². The Labute approximate surface area is 86.1 Å². The minimum atomic E-state index is 0.0700. The van der Waals surface area contributed by atoms with Crippen molar-refractivity contribution in [1.29, 1.82) is 5.26 Å². The van der Waals surface area contributed by atoms with Gasteiger partial charge in [-0.3, -0.25) is 0 Å². The summed E-state index contributed by atoms with van der Waals surface area (Å²) >= 11 is 0. The number of allylic oxidation sites excluding steroid dienone is 3. The zero-order chi connectivity index (χ0) is 10.4. The van der Waals surface area contributed by atoms with Crippen molar-refractivity contribution in [3.05, 3.63) is 24.8 Å². The molecule has 0 spiro atoms. The molecule has 14 heavy (non-hydrogen) atoms. The van der Waals surface area contributed by atoms with Gasteiger partial charge >= 0.3 is 0 Å². The molecular weight excluding hydrogens is 170 g/mol. The number of hydrogen-bond donors (Lipinski definition) is 0. The first kappa shape index (κ1) is 9.52. The maximum Gasteiger partial charge on any atom is 0.0665 e. The van der Waals surface area contributed by atoms with Crippen molar-refractivity contribution >= 4 is 0 Å². The van der Waals surface area contributed by atoms with Crippen LogP contribution in [0.1, 0.15) is 26.7 Å². The SMILES string of the molecule is C=CC[C@@]1(C)[C@@H]2C=C[C@@]1(C)C(C#N)C2. The highest BCUT2D eigenvalue weighted by Gasteiger charge is 2.60. The van der Waals surface area contributed by atoms with Crippen molar-refractivity contribution in [3.63, 3.8) is 0 Å². The van der Waals surface area contributed by atoms with E-state index in [0.29, 0.717) is 5.92 Å². The molecule has 1 fully saturated rings. The van der Waals surface area contributed by atoms with Gasteiger partial charge in [-0.2, -0.15) is 5.26 Å². The van der Waals surface area contributed by atoms with Gasteiger partial charge in [0.05, 0.1) is 12.0 Å². The van der Waals surface area contributed by atoms with Gasteiger partial charge in [-0.05, 0) is 24.2 Å². The molecule has 0 N–H and O–H groups in total. The van der Waals surface area contributed by atoms with Crippen LogP contribution in [0.3, 0.4) is 0 Å². The molecule has 1 heteroatoms. The topological polar surface area (TPSA) is 23.8 Å². The van der Waals surface area contributed by atoms with Crippen LogP contribution in [-0.2, 0) is 0 Å². The number of nitrogens with zero attached hydrogens (tertiary/aromatic N) is 1. The molecule has 0 aromatic heterocycles. The second-order valence-electron chi connectivity index (χ2n) is 5.08. The zero-order valence-electron chi connectivity index (χ0n) is 8.96. The Bertz CT molecular complexity index is 336. The van der Waals surface area contributed by atoms with Crippen LogP contribution in [0.15, 0.2) is 24.8 Å². The maximum absolute atomic E-state index is 9.14.